The lowest BCUT2D eigenvalue weighted by Crippen LogP contribution is -2.53. The standard InChI is InChI=1S/C12H29NSi2/c1-8-10-11-13(14(3,4)5)12-15(6,7)9-2/h9H,2,8,10-12H2,1,3-7H3. The molecule has 0 aromatic heterocycles. The SMILES string of the molecule is C=C[Si](C)(C)CN(CCCC)[Si](C)(C)C. The third kappa shape index (κ3) is 6.33. The van der Waals surface area contributed by atoms with E-state index < -0.39 is 16.3 Å². The quantitative estimate of drug-likeness (QED) is 0.613. The fourth-order valence-electron chi connectivity index (χ4n) is 1.56. The summed E-state index contributed by atoms with van der Waals surface area (Å²) >= 11 is 0. The summed E-state index contributed by atoms with van der Waals surface area (Å²) in [6, 6.07) is 0. The van der Waals surface area contributed by atoms with Crippen molar-refractivity contribution in [1.29, 1.82) is 0 Å². The Morgan fingerprint density at radius 2 is 1.67 bits per heavy atom. The lowest BCUT2D eigenvalue weighted by molar-refractivity contribution is 0.463. The van der Waals surface area contributed by atoms with E-state index in [0.29, 0.717) is 0 Å². The molecule has 0 bridgehead atoms. The molecule has 0 spiro atoms. The first-order chi connectivity index (χ1) is 6.73. The molecule has 0 N–H and O–H groups in total. The predicted molar refractivity (Wildman–Crippen MR) is 77.5 cm³/mol. The van der Waals surface area contributed by atoms with E-state index in [1.807, 2.05) is 0 Å². The summed E-state index contributed by atoms with van der Waals surface area (Å²) in [5, 5.41) is 0. The molecule has 15 heavy (non-hydrogen) atoms. The smallest absolute Gasteiger partial charge is 0.118 e. The van der Waals surface area contributed by atoms with Crippen molar-refractivity contribution >= 4 is 16.3 Å². The minimum absolute atomic E-state index is 1.13. The van der Waals surface area contributed by atoms with Gasteiger partial charge in [-0.1, -0.05) is 46.1 Å². The molecule has 1 nitrogen and oxygen atoms in total. The van der Waals surface area contributed by atoms with E-state index in [4.69, 9.17) is 0 Å². The van der Waals surface area contributed by atoms with Gasteiger partial charge in [0.25, 0.3) is 0 Å². The molecule has 0 aliphatic heterocycles. The molecule has 0 aromatic rings. The van der Waals surface area contributed by atoms with Crippen molar-refractivity contribution in [2.45, 2.75) is 52.5 Å². The first-order valence-corrected chi connectivity index (χ1v) is 12.8. The van der Waals surface area contributed by atoms with Crippen molar-refractivity contribution in [3.05, 3.63) is 12.3 Å². The highest BCUT2D eigenvalue weighted by atomic mass is 28.3. The number of hydrogen-bond donors (Lipinski definition) is 0. The Kier molecular flexibility index (Phi) is 6.07. The monoisotopic (exact) mass is 243 g/mol. The maximum Gasteiger partial charge on any atom is 0.118 e. The van der Waals surface area contributed by atoms with Gasteiger partial charge in [0.15, 0.2) is 0 Å². The van der Waals surface area contributed by atoms with Crippen LogP contribution in [-0.4, -0.2) is 33.6 Å². The Morgan fingerprint density at radius 3 is 2.00 bits per heavy atom. The van der Waals surface area contributed by atoms with Crippen LogP contribution in [0.3, 0.4) is 0 Å². The Labute approximate surface area is 98.7 Å². The summed E-state index contributed by atoms with van der Waals surface area (Å²) in [6.07, 6.45) is 3.94. The largest absolute Gasteiger partial charge is 0.326 e. The molecule has 0 heterocycles. The zero-order valence-corrected chi connectivity index (χ0v) is 13.6. The topological polar surface area (TPSA) is 3.24 Å². The molecule has 0 amide bonds. The molecule has 3 heteroatoms. The van der Waals surface area contributed by atoms with E-state index in [2.05, 4.69) is 56.5 Å². The second-order valence-corrected chi connectivity index (χ2v) is 15.8. The van der Waals surface area contributed by atoms with Crippen LogP contribution >= 0.6 is 0 Å². The highest BCUT2D eigenvalue weighted by molar-refractivity contribution is 6.84. The van der Waals surface area contributed by atoms with Crippen molar-refractivity contribution < 1.29 is 0 Å². The second-order valence-electron chi connectivity index (χ2n) is 6.14. The number of unbranched alkanes of at least 4 members (excludes halogenated alkanes) is 1. The van der Waals surface area contributed by atoms with Gasteiger partial charge in [-0.05, 0) is 19.1 Å². The van der Waals surface area contributed by atoms with Crippen LogP contribution in [0.1, 0.15) is 19.8 Å². The first-order valence-electron chi connectivity index (χ1n) is 6.11. The minimum atomic E-state index is -1.18. The Balaban J connectivity index is 4.44. The zero-order chi connectivity index (χ0) is 12.1. The molecule has 0 aromatic carbocycles. The molecule has 0 unspecified atom stereocenters. The Hall–Kier alpha value is 0.134. The van der Waals surface area contributed by atoms with Crippen molar-refractivity contribution in [3.8, 4) is 0 Å². The summed E-state index contributed by atoms with van der Waals surface area (Å²) in [6.45, 7) is 19.8. The number of nitrogens with zero attached hydrogens (tertiary/aromatic N) is 1. The molecule has 0 atom stereocenters. The number of rotatable bonds is 7. The minimum Gasteiger partial charge on any atom is -0.326 e. The molecular weight excluding hydrogens is 214 g/mol. The van der Waals surface area contributed by atoms with Gasteiger partial charge in [-0.3, -0.25) is 0 Å². The molecule has 0 rings (SSSR count). The molecule has 0 saturated heterocycles. The van der Waals surface area contributed by atoms with Crippen LogP contribution in [0.5, 0.6) is 0 Å². The van der Waals surface area contributed by atoms with Crippen molar-refractivity contribution in [1.82, 2.24) is 4.57 Å². The maximum absolute atomic E-state index is 4.00. The highest BCUT2D eigenvalue weighted by Crippen LogP contribution is 2.15. The van der Waals surface area contributed by atoms with Gasteiger partial charge in [0.05, 0.1) is 8.07 Å². The number of hydrogen-bond acceptors (Lipinski definition) is 1. The van der Waals surface area contributed by atoms with Gasteiger partial charge < -0.3 is 4.57 Å². The van der Waals surface area contributed by atoms with Crippen molar-refractivity contribution in [2.75, 3.05) is 12.7 Å². The normalized spacial score (nSPS) is 13.3. The third-order valence-electron chi connectivity index (χ3n) is 2.88. The van der Waals surface area contributed by atoms with Crippen LogP contribution in [0.2, 0.25) is 32.7 Å². The van der Waals surface area contributed by atoms with E-state index in [0.717, 1.165) is 0 Å². The van der Waals surface area contributed by atoms with Gasteiger partial charge in [-0.15, -0.1) is 12.3 Å². The molecule has 0 saturated carbocycles. The molecule has 0 radical (unpaired) electrons. The van der Waals surface area contributed by atoms with E-state index in [1.165, 1.54) is 25.6 Å². The maximum atomic E-state index is 4.00. The Bertz CT molecular complexity index is 194. The van der Waals surface area contributed by atoms with Gasteiger partial charge in [-0.25, -0.2) is 0 Å². The second kappa shape index (κ2) is 6.01. The summed E-state index contributed by atoms with van der Waals surface area (Å²) in [5.41, 5.74) is 2.23. The van der Waals surface area contributed by atoms with Gasteiger partial charge in [-0.2, -0.15) is 0 Å². The van der Waals surface area contributed by atoms with Crippen LogP contribution in [-0.2, 0) is 0 Å². The summed E-state index contributed by atoms with van der Waals surface area (Å²) in [5.74, 6) is 0. The van der Waals surface area contributed by atoms with E-state index in [-0.39, 0.29) is 0 Å². The van der Waals surface area contributed by atoms with E-state index in [1.54, 1.807) is 0 Å². The van der Waals surface area contributed by atoms with Crippen molar-refractivity contribution in [3.63, 3.8) is 0 Å². The zero-order valence-electron chi connectivity index (χ0n) is 11.6. The molecule has 0 aliphatic rings. The van der Waals surface area contributed by atoms with E-state index in [9.17, 15) is 0 Å². The first kappa shape index (κ1) is 15.1. The lowest BCUT2D eigenvalue weighted by Gasteiger charge is -2.38. The van der Waals surface area contributed by atoms with Gasteiger partial charge in [0.1, 0.15) is 8.24 Å². The lowest BCUT2D eigenvalue weighted by atomic mass is 10.3. The average Bonchev–Trinajstić information content (AvgIpc) is 2.10. The van der Waals surface area contributed by atoms with Gasteiger partial charge in [0.2, 0.25) is 0 Å². The molecule has 90 valence electrons. The van der Waals surface area contributed by atoms with E-state index >= 15 is 0 Å². The van der Waals surface area contributed by atoms with Crippen LogP contribution < -0.4 is 0 Å². The Morgan fingerprint density at radius 1 is 1.13 bits per heavy atom. The van der Waals surface area contributed by atoms with Crippen LogP contribution in [0, 0.1) is 0 Å². The summed E-state index contributed by atoms with van der Waals surface area (Å²) < 4.78 is 2.77. The third-order valence-corrected chi connectivity index (χ3v) is 7.78. The van der Waals surface area contributed by atoms with Crippen LogP contribution in [0.15, 0.2) is 12.3 Å². The van der Waals surface area contributed by atoms with Crippen LogP contribution in [0.25, 0.3) is 0 Å². The molecule has 0 aliphatic carbocycles. The summed E-state index contributed by atoms with van der Waals surface area (Å²) in [4.78, 5) is 0. The fourth-order valence-corrected chi connectivity index (χ4v) is 6.78. The predicted octanol–water partition coefficient (Wildman–Crippen LogP) is 3.90. The average molecular weight is 244 g/mol. The van der Waals surface area contributed by atoms with Gasteiger partial charge >= 0.3 is 0 Å². The summed E-state index contributed by atoms with van der Waals surface area (Å²) in [7, 11) is -2.31. The molecule has 0 fully saturated rings. The highest BCUT2D eigenvalue weighted by Gasteiger charge is 2.28. The van der Waals surface area contributed by atoms with Gasteiger partial charge in [0, 0.05) is 0 Å². The molecular formula is C12H29NSi2. The van der Waals surface area contributed by atoms with Crippen LogP contribution in [0.4, 0.5) is 0 Å². The fraction of sp³-hybridized carbons (Fsp3) is 0.833. The van der Waals surface area contributed by atoms with Crippen molar-refractivity contribution in [2.24, 2.45) is 0 Å².